The number of nitrogens with one attached hydrogen (secondary N) is 1. The molecule has 4 rings (SSSR count). The summed E-state index contributed by atoms with van der Waals surface area (Å²) in [4.78, 5) is 15.6. The van der Waals surface area contributed by atoms with Gasteiger partial charge in [0, 0.05) is 49.2 Å². The number of likely N-dealkylation sites (N-methyl/N-ethyl adjacent to an activating group) is 1. The molecule has 3 heterocycles. The molecule has 3 aromatic rings. The molecule has 2 aromatic heterocycles. The molecular formula is C20H24N6. The van der Waals surface area contributed by atoms with Crippen LogP contribution in [0.25, 0.3) is 5.69 Å². The highest BCUT2D eigenvalue weighted by atomic mass is 15.1. The predicted molar refractivity (Wildman–Crippen MR) is 102 cm³/mol. The minimum Gasteiger partial charge on any atom is -0.363 e. The third-order valence-electron chi connectivity index (χ3n) is 5.04. The Bertz CT molecular complexity index is 899. The molecule has 0 bridgehead atoms. The molecule has 0 spiro atoms. The van der Waals surface area contributed by atoms with E-state index in [9.17, 15) is 0 Å². The van der Waals surface area contributed by atoms with E-state index in [0.717, 1.165) is 36.8 Å². The van der Waals surface area contributed by atoms with Crippen LogP contribution in [0.3, 0.4) is 0 Å². The summed E-state index contributed by atoms with van der Waals surface area (Å²) in [7, 11) is 2.14. The van der Waals surface area contributed by atoms with Gasteiger partial charge in [-0.25, -0.2) is 15.0 Å². The zero-order valence-corrected chi connectivity index (χ0v) is 15.5. The van der Waals surface area contributed by atoms with Crippen LogP contribution < -0.4 is 5.32 Å². The molecule has 1 aliphatic heterocycles. The van der Waals surface area contributed by atoms with E-state index in [4.69, 9.17) is 0 Å². The predicted octanol–water partition coefficient (Wildman–Crippen LogP) is 3.13. The minimum absolute atomic E-state index is 0.166. The molecular weight excluding hydrogens is 324 g/mol. The van der Waals surface area contributed by atoms with E-state index in [-0.39, 0.29) is 6.04 Å². The number of hydrogen-bond acceptors (Lipinski definition) is 5. The van der Waals surface area contributed by atoms with Gasteiger partial charge in [-0.05, 0) is 38.6 Å². The van der Waals surface area contributed by atoms with E-state index < -0.39 is 0 Å². The van der Waals surface area contributed by atoms with Crippen molar-refractivity contribution in [1.29, 1.82) is 0 Å². The van der Waals surface area contributed by atoms with Crippen LogP contribution in [-0.2, 0) is 13.0 Å². The Kier molecular flexibility index (Phi) is 4.42. The molecule has 0 fully saturated rings. The van der Waals surface area contributed by atoms with Crippen molar-refractivity contribution in [3.05, 3.63) is 65.6 Å². The van der Waals surface area contributed by atoms with Crippen LogP contribution in [0.4, 0.5) is 5.82 Å². The summed E-state index contributed by atoms with van der Waals surface area (Å²) < 4.78 is 2.08. The average molecular weight is 348 g/mol. The second kappa shape index (κ2) is 6.88. The monoisotopic (exact) mass is 348 g/mol. The number of aryl methyl sites for hydroxylation is 1. The summed E-state index contributed by atoms with van der Waals surface area (Å²) in [5.41, 5.74) is 4.73. The highest BCUT2D eigenvalue weighted by Gasteiger charge is 2.19. The van der Waals surface area contributed by atoms with Crippen LogP contribution in [0.2, 0.25) is 0 Å². The van der Waals surface area contributed by atoms with Crippen molar-refractivity contribution < 1.29 is 0 Å². The lowest BCUT2D eigenvalue weighted by molar-refractivity contribution is 0.309. The number of aromatic nitrogens is 4. The molecule has 134 valence electrons. The zero-order valence-electron chi connectivity index (χ0n) is 15.5. The molecule has 0 amide bonds. The average Bonchev–Trinajstić information content (AvgIpc) is 3.08. The molecule has 6 nitrogen and oxygen atoms in total. The number of hydrogen-bond donors (Lipinski definition) is 1. The van der Waals surface area contributed by atoms with E-state index in [1.54, 1.807) is 6.33 Å². The number of imidazole rings is 1. The lowest BCUT2D eigenvalue weighted by Crippen LogP contribution is -2.28. The standard InChI is InChI=1S/C20H24N6/c1-14(16-4-6-17(7-5-16)26-11-9-21-15(26)2)24-20-18-12-25(3)10-8-19(18)22-13-23-20/h4-7,9,11,13-14H,8,10,12H2,1-3H3,(H,22,23,24). The number of rotatable bonds is 4. The van der Waals surface area contributed by atoms with Crippen molar-refractivity contribution in [3.63, 3.8) is 0 Å². The molecule has 6 heteroatoms. The van der Waals surface area contributed by atoms with Gasteiger partial charge in [-0.15, -0.1) is 0 Å². The summed E-state index contributed by atoms with van der Waals surface area (Å²) in [6.45, 7) is 6.12. The fourth-order valence-corrected chi connectivity index (χ4v) is 3.46. The van der Waals surface area contributed by atoms with Gasteiger partial charge >= 0.3 is 0 Å². The van der Waals surface area contributed by atoms with Crippen molar-refractivity contribution in [2.75, 3.05) is 18.9 Å². The smallest absolute Gasteiger partial charge is 0.134 e. The molecule has 0 aliphatic carbocycles. The Labute approximate surface area is 153 Å². The Morgan fingerprint density at radius 1 is 1.12 bits per heavy atom. The number of anilines is 1. The van der Waals surface area contributed by atoms with Gasteiger partial charge in [0.25, 0.3) is 0 Å². The summed E-state index contributed by atoms with van der Waals surface area (Å²) >= 11 is 0. The van der Waals surface area contributed by atoms with Gasteiger partial charge in [0.1, 0.15) is 18.0 Å². The molecule has 0 saturated heterocycles. The quantitative estimate of drug-likeness (QED) is 0.785. The Hall–Kier alpha value is -2.73. The molecule has 1 aliphatic rings. The van der Waals surface area contributed by atoms with Crippen LogP contribution in [-0.4, -0.2) is 38.0 Å². The maximum atomic E-state index is 4.50. The lowest BCUT2D eigenvalue weighted by atomic mass is 10.0. The van der Waals surface area contributed by atoms with Crippen molar-refractivity contribution in [2.24, 2.45) is 0 Å². The second-order valence-corrected chi connectivity index (χ2v) is 6.94. The minimum atomic E-state index is 0.166. The summed E-state index contributed by atoms with van der Waals surface area (Å²) in [6.07, 6.45) is 6.46. The van der Waals surface area contributed by atoms with Gasteiger partial charge in [-0.1, -0.05) is 12.1 Å². The molecule has 1 aromatic carbocycles. The third-order valence-corrected chi connectivity index (χ3v) is 5.04. The summed E-state index contributed by atoms with van der Waals surface area (Å²) in [6, 6.07) is 8.74. The van der Waals surface area contributed by atoms with Crippen LogP contribution in [0, 0.1) is 6.92 Å². The van der Waals surface area contributed by atoms with Crippen LogP contribution in [0.5, 0.6) is 0 Å². The van der Waals surface area contributed by atoms with Crippen LogP contribution >= 0.6 is 0 Å². The Morgan fingerprint density at radius 2 is 1.92 bits per heavy atom. The fraction of sp³-hybridized carbons (Fsp3) is 0.350. The Balaban J connectivity index is 1.54. The highest BCUT2D eigenvalue weighted by Crippen LogP contribution is 2.26. The third kappa shape index (κ3) is 3.20. The first-order valence-electron chi connectivity index (χ1n) is 9.00. The van der Waals surface area contributed by atoms with E-state index in [2.05, 4.69) is 68.0 Å². The maximum Gasteiger partial charge on any atom is 0.134 e. The Morgan fingerprint density at radius 3 is 2.65 bits per heavy atom. The maximum absolute atomic E-state index is 4.50. The first kappa shape index (κ1) is 16.7. The molecule has 26 heavy (non-hydrogen) atoms. The van der Waals surface area contributed by atoms with Crippen molar-refractivity contribution in [3.8, 4) is 5.69 Å². The second-order valence-electron chi connectivity index (χ2n) is 6.94. The summed E-state index contributed by atoms with van der Waals surface area (Å²) in [5, 5.41) is 3.58. The fourth-order valence-electron chi connectivity index (χ4n) is 3.46. The molecule has 0 radical (unpaired) electrons. The molecule has 1 atom stereocenters. The number of nitrogens with zero attached hydrogens (tertiary/aromatic N) is 5. The topological polar surface area (TPSA) is 58.9 Å². The van der Waals surface area contributed by atoms with E-state index in [0.29, 0.717) is 0 Å². The molecule has 0 saturated carbocycles. The number of benzene rings is 1. The first-order chi connectivity index (χ1) is 12.6. The molecule has 1 N–H and O–H groups in total. The van der Waals surface area contributed by atoms with Crippen LogP contribution in [0.15, 0.2) is 43.0 Å². The van der Waals surface area contributed by atoms with Gasteiger partial charge in [0.05, 0.1) is 5.69 Å². The normalized spacial score (nSPS) is 15.5. The van der Waals surface area contributed by atoms with Gasteiger partial charge < -0.3 is 14.8 Å². The largest absolute Gasteiger partial charge is 0.363 e. The van der Waals surface area contributed by atoms with Gasteiger partial charge in [-0.3, -0.25) is 0 Å². The van der Waals surface area contributed by atoms with Gasteiger partial charge in [-0.2, -0.15) is 0 Å². The van der Waals surface area contributed by atoms with Crippen molar-refractivity contribution in [2.45, 2.75) is 32.9 Å². The lowest BCUT2D eigenvalue weighted by Gasteiger charge is -2.26. The van der Waals surface area contributed by atoms with Gasteiger partial charge in [0.2, 0.25) is 0 Å². The molecule has 1 unspecified atom stereocenters. The van der Waals surface area contributed by atoms with Crippen LogP contribution in [0.1, 0.15) is 35.6 Å². The first-order valence-corrected chi connectivity index (χ1v) is 9.00. The van der Waals surface area contributed by atoms with E-state index >= 15 is 0 Å². The summed E-state index contributed by atoms with van der Waals surface area (Å²) in [5.74, 6) is 1.93. The zero-order chi connectivity index (χ0) is 18.1. The van der Waals surface area contributed by atoms with Crippen molar-refractivity contribution in [1.82, 2.24) is 24.4 Å². The number of fused-ring (bicyclic) bond motifs is 1. The van der Waals surface area contributed by atoms with E-state index in [1.807, 2.05) is 19.3 Å². The SMILES string of the molecule is Cc1nccn1-c1ccc(C(C)Nc2ncnc3c2CN(C)CC3)cc1. The highest BCUT2D eigenvalue weighted by molar-refractivity contribution is 5.49. The van der Waals surface area contributed by atoms with Crippen molar-refractivity contribution >= 4 is 5.82 Å². The van der Waals surface area contributed by atoms with E-state index in [1.165, 1.54) is 16.8 Å². The van der Waals surface area contributed by atoms with Gasteiger partial charge in [0.15, 0.2) is 0 Å².